The van der Waals surface area contributed by atoms with Crippen LogP contribution in [0.2, 0.25) is 0 Å². The normalized spacial score (nSPS) is 22.3. The molecule has 0 radical (unpaired) electrons. The van der Waals surface area contributed by atoms with Crippen molar-refractivity contribution in [3.8, 4) is 0 Å². The van der Waals surface area contributed by atoms with Crippen LogP contribution < -0.4 is 5.32 Å². The average Bonchev–Trinajstić information content (AvgIpc) is 2.61. The summed E-state index contributed by atoms with van der Waals surface area (Å²) in [5.74, 6) is 0. The van der Waals surface area contributed by atoms with Crippen molar-refractivity contribution >= 4 is 0 Å². The lowest BCUT2D eigenvalue weighted by atomic mass is 10.0. The first-order chi connectivity index (χ1) is 7.68. The Morgan fingerprint density at radius 2 is 2.38 bits per heavy atom. The van der Waals surface area contributed by atoms with E-state index >= 15 is 0 Å². The minimum Gasteiger partial charge on any atom is -0.304 e. The minimum atomic E-state index is 0.376. The number of hydrogen-bond acceptors (Lipinski definition) is 2. The molecule has 1 aliphatic carbocycles. The molecule has 3 heteroatoms. The Morgan fingerprint density at radius 1 is 1.56 bits per heavy atom. The second-order valence-corrected chi connectivity index (χ2v) is 4.66. The Morgan fingerprint density at radius 3 is 2.94 bits per heavy atom. The van der Waals surface area contributed by atoms with Crippen LogP contribution in [0.1, 0.15) is 43.5 Å². The van der Waals surface area contributed by atoms with Crippen molar-refractivity contribution in [2.75, 3.05) is 0 Å². The van der Waals surface area contributed by atoms with Crippen molar-refractivity contribution in [2.24, 2.45) is 7.05 Å². The average molecular weight is 219 g/mol. The molecule has 16 heavy (non-hydrogen) atoms. The third-order valence-electron chi connectivity index (χ3n) is 3.46. The van der Waals surface area contributed by atoms with Crippen molar-refractivity contribution in [3.63, 3.8) is 0 Å². The summed E-state index contributed by atoms with van der Waals surface area (Å²) in [6, 6.07) is 0.907. The van der Waals surface area contributed by atoms with Gasteiger partial charge in [0, 0.05) is 30.4 Å². The highest BCUT2D eigenvalue weighted by Crippen LogP contribution is 2.19. The Balaban J connectivity index is 2.02. The van der Waals surface area contributed by atoms with Crippen LogP contribution in [0.15, 0.2) is 18.3 Å². The van der Waals surface area contributed by atoms with Crippen molar-refractivity contribution in [1.29, 1.82) is 0 Å². The predicted octanol–water partition coefficient (Wildman–Crippen LogP) is 2.49. The van der Waals surface area contributed by atoms with E-state index in [1.165, 1.54) is 30.5 Å². The predicted molar refractivity (Wildman–Crippen MR) is 66.3 cm³/mol. The quantitative estimate of drug-likeness (QED) is 0.792. The summed E-state index contributed by atoms with van der Waals surface area (Å²) in [7, 11) is 1.99. The maximum absolute atomic E-state index is 4.29. The van der Waals surface area contributed by atoms with Crippen LogP contribution >= 0.6 is 0 Å². The van der Waals surface area contributed by atoms with Crippen LogP contribution in [0, 0.1) is 6.92 Å². The van der Waals surface area contributed by atoms with E-state index in [0.29, 0.717) is 12.1 Å². The smallest absolute Gasteiger partial charge is 0.0540 e. The fraction of sp³-hybridized carbons (Fsp3) is 0.615. The molecule has 0 aliphatic heterocycles. The minimum absolute atomic E-state index is 0.376. The molecule has 88 valence electrons. The second-order valence-electron chi connectivity index (χ2n) is 4.66. The monoisotopic (exact) mass is 219 g/mol. The van der Waals surface area contributed by atoms with Crippen LogP contribution in [0.5, 0.6) is 0 Å². The Hall–Kier alpha value is -1.09. The highest BCUT2D eigenvalue weighted by Gasteiger charge is 2.16. The van der Waals surface area contributed by atoms with Crippen molar-refractivity contribution in [2.45, 2.75) is 45.2 Å². The number of nitrogens with one attached hydrogen (secondary N) is 1. The van der Waals surface area contributed by atoms with E-state index < -0.39 is 0 Å². The molecule has 2 unspecified atom stereocenters. The van der Waals surface area contributed by atoms with Gasteiger partial charge in [0.1, 0.15) is 0 Å². The number of rotatable bonds is 3. The van der Waals surface area contributed by atoms with E-state index in [2.05, 4.69) is 36.4 Å². The van der Waals surface area contributed by atoms with Gasteiger partial charge in [0.15, 0.2) is 0 Å². The van der Waals surface area contributed by atoms with Crippen molar-refractivity contribution in [1.82, 2.24) is 15.1 Å². The first-order valence-corrected chi connectivity index (χ1v) is 6.09. The summed E-state index contributed by atoms with van der Waals surface area (Å²) in [5, 5.41) is 7.94. The molecule has 0 saturated carbocycles. The number of aryl methyl sites for hydroxylation is 1. The second kappa shape index (κ2) is 4.83. The molecule has 1 aromatic heterocycles. The van der Waals surface area contributed by atoms with Gasteiger partial charge in [-0.1, -0.05) is 12.2 Å². The van der Waals surface area contributed by atoms with Crippen molar-refractivity contribution in [3.05, 3.63) is 29.6 Å². The first-order valence-electron chi connectivity index (χ1n) is 6.09. The maximum atomic E-state index is 4.29. The zero-order chi connectivity index (χ0) is 11.5. The molecule has 0 saturated heterocycles. The van der Waals surface area contributed by atoms with Gasteiger partial charge in [-0.05, 0) is 33.1 Å². The largest absolute Gasteiger partial charge is 0.304 e. The maximum Gasteiger partial charge on any atom is 0.0540 e. The molecule has 1 aliphatic rings. The zero-order valence-corrected chi connectivity index (χ0v) is 10.4. The van der Waals surface area contributed by atoms with Gasteiger partial charge < -0.3 is 5.32 Å². The van der Waals surface area contributed by atoms with E-state index in [9.17, 15) is 0 Å². The van der Waals surface area contributed by atoms with Crippen molar-refractivity contribution < 1.29 is 0 Å². The van der Waals surface area contributed by atoms with E-state index in [0.717, 1.165) is 0 Å². The number of hydrogen-bond donors (Lipinski definition) is 1. The van der Waals surface area contributed by atoms with E-state index in [4.69, 9.17) is 0 Å². The van der Waals surface area contributed by atoms with Gasteiger partial charge in [0.2, 0.25) is 0 Å². The molecule has 2 atom stereocenters. The Kier molecular flexibility index (Phi) is 3.44. The van der Waals surface area contributed by atoms with Gasteiger partial charge in [0.25, 0.3) is 0 Å². The molecule has 0 spiro atoms. The summed E-state index contributed by atoms with van der Waals surface area (Å²) in [6.45, 7) is 4.34. The van der Waals surface area contributed by atoms with E-state index in [1.807, 2.05) is 17.9 Å². The van der Waals surface area contributed by atoms with Gasteiger partial charge in [-0.2, -0.15) is 5.10 Å². The van der Waals surface area contributed by atoms with Crippen LogP contribution in [0.4, 0.5) is 0 Å². The third kappa shape index (κ3) is 2.35. The van der Waals surface area contributed by atoms with Crippen LogP contribution in [-0.2, 0) is 7.05 Å². The molecule has 0 bridgehead atoms. The third-order valence-corrected chi connectivity index (χ3v) is 3.46. The molecular weight excluding hydrogens is 198 g/mol. The van der Waals surface area contributed by atoms with Crippen LogP contribution in [0.25, 0.3) is 0 Å². The van der Waals surface area contributed by atoms with Gasteiger partial charge in [-0.3, -0.25) is 4.68 Å². The molecule has 2 rings (SSSR count). The molecule has 0 aromatic carbocycles. The topological polar surface area (TPSA) is 29.9 Å². The lowest BCUT2D eigenvalue weighted by molar-refractivity contribution is 0.466. The molecule has 1 aromatic rings. The summed E-state index contributed by atoms with van der Waals surface area (Å²) in [5.41, 5.74) is 2.56. The number of aromatic nitrogens is 2. The highest BCUT2D eigenvalue weighted by molar-refractivity contribution is 5.20. The first kappa shape index (κ1) is 11.4. The lowest BCUT2D eigenvalue weighted by Gasteiger charge is -2.22. The highest BCUT2D eigenvalue weighted by atomic mass is 15.3. The molecule has 0 fully saturated rings. The van der Waals surface area contributed by atoms with Gasteiger partial charge in [-0.25, -0.2) is 0 Å². The van der Waals surface area contributed by atoms with Gasteiger partial charge in [0.05, 0.1) is 6.20 Å². The lowest BCUT2D eigenvalue weighted by Crippen LogP contribution is -2.31. The fourth-order valence-electron chi connectivity index (χ4n) is 2.30. The molecule has 3 nitrogen and oxygen atoms in total. The number of nitrogens with zero attached hydrogens (tertiary/aromatic N) is 2. The molecular formula is C13H21N3. The zero-order valence-electron chi connectivity index (χ0n) is 10.4. The standard InChI is InChI=1S/C13H21N3/c1-10(13-9-14-16(3)11(13)2)15-12-7-5-4-6-8-12/h5,7,9-10,12,15H,4,6,8H2,1-3H3. The SMILES string of the molecule is Cc1c(C(C)NC2C=CCCC2)cnn1C. The fourth-order valence-corrected chi connectivity index (χ4v) is 2.30. The van der Waals surface area contributed by atoms with Gasteiger partial charge >= 0.3 is 0 Å². The Labute approximate surface area is 97.5 Å². The number of allylic oxidation sites excluding steroid dienone is 1. The van der Waals surface area contributed by atoms with Crippen LogP contribution in [0.3, 0.4) is 0 Å². The molecule has 1 N–H and O–H groups in total. The molecule has 0 amide bonds. The van der Waals surface area contributed by atoms with E-state index in [1.54, 1.807) is 0 Å². The Bertz CT molecular complexity index is 379. The summed E-state index contributed by atoms with van der Waals surface area (Å²) >= 11 is 0. The van der Waals surface area contributed by atoms with Gasteiger partial charge in [-0.15, -0.1) is 0 Å². The van der Waals surface area contributed by atoms with E-state index in [-0.39, 0.29) is 0 Å². The van der Waals surface area contributed by atoms with Crippen LogP contribution in [-0.4, -0.2) is 15.8 Å². The summed E-state index contributed by atoms with van der Waals surface area (Å²) < 4.78 is 1.93. The summed E-state index contributed by atoms with van der Waals surface area (Å²) in [4.78, 5) is 0. The molecule has 1 heterocycles. The summed E-state index contributed by atoms with van der Waals surface area (Å²) in [6.07, 6.45) is 10.3.